The van der Waals surface area contributed by atoms with Crippen LogP contribution in [0.15, 0.2) is 0 Å². The van der Waals surface area contributed by atoms with E-state index in [4.69, 9.17) is 0 Å². The van der Waals surface area contributed by atoms with Gasteiger partial charge in [-0.15, -0.1) is 0 Å². The minimum absolute atomic E-state index is 0.177. The second kappa shape index (κ2) is 5.88. The summed E-state index contributed by atoms with van der Waals surface area (Å²) in [5.41, 5.74) is -0.708. The maximum atomic E-state index is 12.6. The van der Waals surface area contributed by atoms with Crippen LogP contribution in [0.4, 0.5) is 0 Å². The lowest BCUT2D eigenvalue weighted by molar-refractivity contribution is -0.136. The van der Waals surface area contributed by atoms with Gasteiger partial charge in [-0.1, -0.05) is 12.8 Å². The molecule has 0 aromatic rings. The smallest absolute Gasteiger partial charge is 0.225 e. The number of carbonyl (C=O) groups excluding carboxylic acids is 1. The van der Waals surface area contributed by atoms with E-state index in [-0.39, 0.29) is 5.91 Å². The number of fused-ring (bicyclic) bond motifs is 2. The summed E-state index contributed by atoms with van der Waals surface area (Å²) < 4.78 is 0. The van der Waals surface area contributed by atoms with Crippen molar-refractivity contribution in [3.05, 3.63) is 0 Å². The van der Waals surface area contributed by atoms with E-state index in [0.717, 1.165) is 45.2 Å². The molecule has 1 aliphatic carbocycles. The highest BCUT2D eigenvalue weighted by molar-refractivity contribution is 5.77. The highest BCUT2D eigenvalue weighted by atomic mass is 16.3. The molecular formula is C17H30N2O2. The third-order valence-corrected chi connectivity index (χ3v) is 5.80. The topological polar surface area (TPSA) is 43.8 Å². The van der Waals surface area contributed by atoms with Crippen LogP contribution in [0.5, 0.6) is 0 Å². The number of hydrogen-bond donors (Lipinski definition) is 1. The summed E-state index contributed by atoms with van der Waals surface area (Å²) >= 11 is 0. The lowest BCUT2D eigenvalue weighted by Gasteiger charge is -2.32. The van der Waals surface area contributed by atoms with E-state index in [9.17, 15) is 9.90 Å². The molecule has 2 unspecified atom stereocenters. The number of likely N-dealkylation sites (tertiary alicyclic amines) is 1. The first-order valence-electron chi connectivity index (χ1n) is 8.76. The lowest BCUT2D eigenvalue weighted by atomic mass is 9.97. The summed E-state index contributed by atoms with van der Waals surface area (Å²) in [4.78, 5) is 17.3. The van der Waals surface area contributed by atoms with Gasteiger partial charge in [-0.05, 0) is 46.0 Å². The van der Waals surface area contributed by atoms with Gasteiger partial charge >= 0.3 is 0 Å². The first-order chi connectivity index (χ1) is 9.98. The second-order valence-electron chi connectivity index (χ2n) is 7.66. The second-order valence-corrected chi connectivity index (χ2v) is 7.66. The lowest BCUT2D eigenvalue weighted by Crippen LogP contribution is -2.45. The van der Waals surface area contributed by atoms with Gasteiger partial charge in [0.25, 0.3) is 0 Å². The zero-order valence-electron chi connectivity index (χ0n) is 13.6. The molecule has 4 nitrogen and oxygen atoms in total. The molecule has 4 heteroatoms. The van der Waals surface area contributed by atoms with Gasteiger partial charge in [0.05, 0.1) is 12.0 Å². The Kier molecular flexibility index (Phi) is 4.28. The molecule has 2 bridgehead atoms. The fourth-order valence-electron chi connectivity index (χ4n) is 4.78. The van der Waals surface area contributed by atoms with Crippen LogP contribution in [0.2, 0.25) is 0 Å². The van der Waals surface area contributed by atoms with Gasteiger partial charge in [0.2, 0.25) is 5.91 Å². The van der Waals surface area contributed by atoms with E-state index in [0.29, 0.717) is 24.5 Å². The van der Waals surface area contributed by atoms with Crippen molar-refractivity contribution >= 4 is 5.91 Å². The summed E-state index contributed by atoms with van der Waals surface area (Å²) in [7, 11) is 0. The molecule has 120 valence electrons. The molecule has 21 heavy (non-hydrogen) atoms. The van der Waals surface area contributed by atoms with Crippen molar-refractivity contribution in [3.8, 4) is 0 Å². The Morgan fingerprint density at radius 2 is 1.86 bits per heavy atom. The average molecular weight is 294 g/mol. The summed E-state index contributed by atoms with van der Waals surface area (Å²) in [6, 6.07) is 1.75. The molecule has 3 aliphatic rings. The van der Waals surface area contributed by atoms with Gasteiger partial charge in [-0.3, -0.25) is 9.69 Å². The summed E-state index contributed by atoms with van der Waals surface area (Å²) in [6.07, 6.45) is 7.68. The zero-order chi connectivity index (χ0) is 15.0. The molecule has 0 spiro atoms. The molecule has 0 radical (unpaired) electrons. The minimum Gasteiger partial charge on any atom is -0.389 e. The monoisotopic (exact) mass is 294 g/mol. The first kappa shape index (κ1) is 15.3. The van der Waals surface area contributed by atoms with Gasteiger partial charge in [-0.2, -0.15) is 0 Å². The summed E-state index contributed by atoms with van der Waals surface area (Å²) in [5, 5.41) is 10.5. The highest BCUT2D eigenvalue weighted by Gasteiger charge is 2.41. The maximum Gasteiger partial charge on any atom is 0.225 e. The van der Waals surface area contributed by atoms with Crippen LogP contribution in [0.1, 0.15) is 65.2 Å². The van der Waals surface area contributed by atoms with Crippen molar-refractivity contribution < 1.29 is 9.90 Å². The molecule has 1 amide bonds. The van der Waals surface area contributed by atoms with Crippen molar-refractivity contribution in [1.29, 1.82) is 0 Å². The molecule has 1 N–H and O–H groups in total. The molecule has 2 heterocycles. The Bertz CT molecular complexity index is 390. The van der Waals surface area contributed by atoms with Crippen LogP contribution >= 0.6 is 0 Å². The van der Waals surface area contributed by atoms with E-state index in [2.05, 4.69) is 18.7 Å². The number of aliphatic hydroxyl groups is 1. The molecule has 1 saturated carbocycles. The van der Waals surface area contributed by atoms with Crippen LogP contribution in [-0.2, 0) is 4.79 Å². The van der Waals surface area contributed by atoms with Crippen molar-refractivity contribution in [3.63, 3.8) is 0 Å². The molecule has 3 fully saturated rings. The Balaban J connectivity index is 1.63. The largest absolute Gasteiger partial charge is 0.389 e. The Hall–Kier alpha value is -0.610. The van der Waals surface area contributed by atoms with Gasteiger partial charge < -0.3 is 10.0 Å². The molecule has 3 rings (SSSR count). The quantitative estimate of drug-likeness (QED) is 0.867. The first-order valence-corrected chi connectivity index (χ1v) is 8.76. The third-order valence-electron chi connectivity index (χ3n) is 5.80. The predicted molar refractivity (Wildman–Crippen MR) is 83.0 cm³/mol. The number of rotatable bonds is 3. The molecule has 0 aromatic heterocycles. The zero-order valence-corrected chi connectivity index (χ0v) is 13.6. The Morgan fingerprint density at radius 3 is 2.52 bits per heavy atom. The van der Waals surface area contributed by atoms with Crippen LogP contribution < -0.4 is 0 Å². The molecule has 2 atom stereocenters. The van der Waals surface area contributed by atoms with Crippen molar-refractivity contribution in [2.24, 2.45) is 0 Å². The number of nitrogens with zero attached hydrogens (tertiary/aromatic N) is 2. The van der Waals surface area contributed by atoms with Crippen LogP contribution in [0, 0.1) is 0 Å². The Labute approximate surface area is 128 Å². The van der Waals surface area contributed by atoms with Crippen molar-refractivity contribution in [2.45, 2.75) is 88.9 Å². The number of hydrogen-bond acceptors (Lipinski definition) is 3. The van der Waals surface area contributed by atoms with Crippen LogP contribution in [-0.4, -0.2) is 57.6 Å². The van der Waals surface area contributed by atoms with Gasteiger partial charge in [0.15, 0.2) is 0 Å². The predicted octanol–water partition coefficient (Wildman–Crippen LogP) is 2.16. The van der Waals surface area contributed by atoms with E-state index in [1.807, 2.05) is 4.90 Å². The molecular weight excluding hydrogens is 264 g/mol. The van der Waals surface area contributed by atoms with Crippen molar-refractivity contribution in [2.75, 3.05) is 13.1 Å². The number of carbonyl (C=O) groups is 1. The van der Waals surface area contributed by atoms with Crippen LogP contribution in [0.25, 0.3) is 0 Å². The SMILES string of the molecule is CC(C)N1C2CCC1CN(C(=O)CC1(O)CCCC1)CC2. The standard InChI is InChI=1S/C17H30N2O2/c1-13(2)19-14-5-6-15(19)12-18(10-7-14)16(20)11-17(21)8-3-4-9-17/h13-15,21H,3-12H2,1-2H3. The number of amides is 1. The average Bonchev–Trinajstić information content (AvgIpc) is 2.92. The molecule has 0 aromatic carbocycles. The minimum atomic E-state index is -0.708. The van der Waals surface area contributed by atoms with E-state index in [1.165, 1.54) is 12.8 Å². The van der Waals surface area contributed by atoms with Gasteiger partial charge in [-0.25, -0.2) is 0 Å². The molecule has 2 aliphatic heterocycles. The maximum absolute atomic E-state index is 12.6. The third kappa shape index (κ3) is 3.11. The van der Waals surface area contributed by atoms with E-state index >= 15 is 0 Å². The van der Waals surface area contributed by atoms with E-state index < -0.39 is 5.60 Å². The fourth-order valence-corrected chi connectivity index (χ4v) is 4.78. The van der Waals surface area contributed by atoms with E-state index in [1.54, 1.807) is 0 Å². The van der Waals surface area contributed by atoms with Gasteiger partial charge in [0.1, 0.15) is 0 Å². The molecule has 2 saturated heterocycles. The summed E-state index contributed by atoms with van der Waals surface area (Å²) in [5.74, 6) is 0.177. The van der Waals surface area contributed by atoms with Crippen molar-refractivity contribution in [1.82, 2.24) is 9.80 Å². The van der Waals surface area contributed by atoms with Crippen LogP contribution in [0.3, 0.4) is 0 Å². The fraction of sp³-hybridized carbons (Fsp3) is 0.941. The summed E-state index contributed by atoms with van der Waals surface area (Å²) in [6.45, 7) is 6.27. The highest BCUT2D eigenvalue weighted by Crippen LogP contribution is 2.35. The normalized spacial score (nSPS) is 32.7. The Morgan fingerprint density at radius 1 is 1.19 bits per heavy atom. The van der Waals surface area contributed by atoms with Gasteiger partial charge in [0, 0.05) is 31.2 Å².